The van der Waals surface area contributed by atoms with Crippen molar-refractivity contribution >= 4 is 43.7 Å². The molecule has 0 spiro atoms. The maximum Gasteiger partial charge on any atom is 0.328 e. The summed E-state index contributed by atoms with van der Waals surface area (Å²) >= 11 is 6.50. The first-order valence-corrected chi connectivity index (χ1v) is 7.02. The van der Waals surface area contributed by atoms with Gasteiger partial charge in [0.1, 0.15) is 5.69 Å². The van der Waals surface area contributed by atoms with E-state index in [0.29, 0.717) is 11.1 Å². The van der Waals surface area contributed by atoms with E-state index >= 15 is 0 Å². The van der Waals surface area contributed by atoms with Crippen LogP contribution in [0.15, 0.2) is 21.2 Å². The second-order valence-corrected chi connectivity index (χ2v) is 5.68. The lowest BCUT2D eigenvalue weighted by Gasteiger charge is -2.32. The summed E-state index contributed by atoms with van der Waals surface area (Å²) in [5.41, 5.74) is 0.191. The van der Waals surface area contributed by atoms with Crippen molar-refractivity contribution in [2.75, 3.05) is 19.8 Å². The van der Waals surface area contributed by atoms with E-state index in [9.17, 15) is 9.59 Å². The number of pyridine rings is 1. The Kier molecular flexibility index (Phi) is 4.54. The van der Waals surface area contributed by atoms with Crippen molar-refractivity contribution in [2.45, 2.75) is 6.04 Å². The third kappa shape index (κ3) is 3.13. The molecule has 102 valence electrons. The number of ether oxygens (including phenoxy) is 1. The second-order valence-electron chi connectivity index (χ2n) is 3.91. The van der Waals surface area contributed by atoms with Gasteiger partial charge in [-0.3, -0.25) is 4.79 Å². The number of nitrogens with zero attached hydrogens (tertiary/aromatic N) is 2. The van der Waals surface area contributed by atoms with Gasteiger partial charge in [0, 0.05) is 17.2 Å². The minimum Gasteiger partial charge on any atom is -0.480 e. The minimum absolute atomic E-state index is 0.00474. The molecule has 19 heavy (non-hydrogen) atoms. The number of aromatic nitrogens is 1. The number of rotatable bonds is 2. The normalized spacial score (nSPS) is 19.3. The number of hydrogen-bond donors (Lipinski definition) is 1. The lowest BCUT2D eigenvalue weighted by atomic mass is 10.2. The monoisotopic (exact) mass is 392 g/mol. The minimum atomic E-state index is -1.08. The molecule has 0 aromatic carbocycles. The SMILES string of the molecule is O=C(O)C1COCCN1C(=O)c1ncc(Br)cc1Br. The molecular weight excluding hydrogens is 384 g/mol. The van der Waals surface area contributed by atoms with Gasteiger partial charge in [-0.25, -0.2) is 9.78 Å². The fraction of sp³-hybridized carbons (Fsp3) is 0.364. The molecule has 1 saturated heterocycles. The van der Waals surface area contributed by atoms with Crippen LogP contribution >= 0.6 is 31.9 Å². The highest BCUT2D eigenvalue weighted by Crippen LogP contribution is 2.22. The summed E-state index contributed by atoms with van der Waals surface area (Å²) in [6.45, 7) is 0.554. The van der Waals surface area contributed by atoms with Crippen LogP contribution in [0.1, 0.15) is 10.5 Å². The van der Waals surface area contributed by atoms with Crippen LogP contribution in [0.3, 0.4) is 0 Å². The molecule has 0 bridgehead atoms. The number of amides is 1. The predicted molar refractivity (Wildman–Crippen MR) is 72.9 cm³/mol. The van der Waals surface area contributed by atoms with E-state index in [1.807, 2.05) is 0 Å². The number of halogens is 2. The van der Waals surface area contributed by atoms with E-state index in [1.165, 1.54) is 11.1 Å². The first-order chi connectivity index (χ1) is 9.00. The van der Waals surface area contributed by atoms with Crippen molar-refractivity contribution < 1.29 is 19.4 Å². The summed E-state index contributed by atoms with van der Waals surface area (Å²) in [4.78, 5) is 28.8. The van der Waals surface area contributed by atoms with E-state index < -0.39 is 17.9 Å². The Morgan fingerprint density at radius 3 is 2.84 bits per heavy atom. The van der Waals surface area contributed by atoms with Crippen LogP contribution in [0.5, 0.6) is 0 Å². The molecule has 1 unspecified atom stereocenters. The zero-order chi connectivity index (χ0) is 14.0. The topological polar surface area (TPSA) is 79.7 Å². The van der Waals surface area contributed by atoms with Crippen LogP contribution in [0.4, 0.5) is 0 Å². The standard InChI is InChI=1S/C11H10Br2N2O4/c12-6-3-7(13)9(14-4-6)10(16)15-1-2-19-5-8(15)11(17)18/h3-4,8H,1-2,5H2,(H,17,18). The van der Waals surface area contributed by atoms with Gasteiger partial charge < -0.3 is 14.7 Å². The molecule has 0 aliphatic carbocycles. The quantitative estimate of drug-likeness (QED) is 0.824. The summed E-state index contributed by atoms with van der Waals surface area (Å²) in [6, 6.07) is 0.717. The summed E-state index contributed by atoms with van der Waals surface area (Å²) in [5, 5.41) is 9.10. The first kappa shape index (κ1) is 14.4. The molecule has 1 N–H and O–H groups in total. The fourth-order valence-corrected chi connectivity index (χ4v) is 2.92. The van der Waals surface area contributed by atoms with Crippen LogP contribution in [0.25, 0.3) is 0 Å². The molecule has 1 amide bonds. The lowest BCUT2D eigenvalue weighted by molar-refractivity contribution is -0.147. The third-order valence-electron chi connectivity index (χ3n) is 2.68. The van der Waals surface area contributed by atoms with E-state index in [2.05, 4.69) is 36.8 Å². The van der Waals surface area contributed by atoms with Crippen LogP contribution in [0.2, 0.25) is 0 Å². The summed E-state index contributed by atoms with van der Waals surface area (Å²) in [6.07, 6.45) is 1.49. The van der Waals surface area contributed by atoms with Crippen molar-refractivity contribution in [3.8, 4) is 0 Å². The molecular formula is C11H10Br2N2O4. The van der Waals surface area contributed by atoms with E-state index in [0.717, 1.165) is 4.47 Å². The molecule has 1 atom stereocenters. The molecule has 0 saturated carbocycles. The van der Waals surface area contributed by atoms with Gasteiger partial charge in [-0.05, 0) is 37.9 Å². The average molecular weight is 394 g/mol. The van der Waals surface area contributed by atoms with Crippen LogP contribution in [0, 0.1) is 0 Å². The molecule has 8 heteroatoms. The van der Waals surface area contributed by atoms with Crippen molar-refractivity contribution in [1.29, 1.82) is 0 Å². The first-order valence-electron chi connectivity index (χ1n) is 5.43. The number of carbonyl (C=O) groups excluding carboxylic acids is 1. The number of hydrogen-bond acceptors (Lipinski definition) is 4. The molecule has 1 fully saturated rings. The Bertz CT molecular complexity index is 523. The van der Waals surface area contributed by atoms with E-state index in [4.69, 9.17) is 9.84 Å². The molecule has 1 aliphatic heterocycles. The molecule has 2 heterocycles. The second kappa shape index (κ2) is 5.98. The fourth-order valence-electron chi connectivity index (χ4n) is 1.76. The van der Waals surface area contributed by atoms with Crippen molar-refractivity contribution in [1.82, 2.24) is 9.88 Å². The number of aliphatic carboxylic acids is 1. The largest absolute Gasteiger partial charge is 0.480 e. The zero-order valence-corrected chi connectivity index (χ0v) is 12.8. The van der Waals surface area contributed by atoms with Gasteiger partial charge in [-0.2, -0.15) is 0 Å². The summed E-state index contributed by atoms with van der Waals surface area (Å²) in [5.74, 6) is -1.50. The highest BCUT2D eigenvalue weighted by Gasteiger charge is 2.34. The van der Waals surface area contributed by atoms with Gasteiger partial charge in [0.15, 0.2) is 6.04 Å². The van der Waals surface area contributed by atoms with Gasteiger partial charge in [-0.1, -0.05) is 0 Å². The number of carbonyl (C=O) groups is 2. The molecule has 1 aromatic heterocycles. The van der Waals surface area contributed by atoms with Crippen molar-refractivity contribution in [3.05, 3.63) is 26.9 Å². The average Bonchev–Trinajstić information content (AvgIpc) is 2.38. The highest BCUT2D eigenvalue weighted by atomic mass is 79.9. The Hall–Kier alpha value is -0.990. The number of morpholine rings is 1. The van der Waals surface area contributed by atoms with Gasteiger partial charge in [0.25, 0.3) is 5.91 Å². The zero-order valence-electron chi connectivity index (χ0n) is 9.68. The van der Waals surface area contributed by atoms with E-state index in [-0.39, 0.29) is 18.8 Å². The Morgan fingerprint density at radius 2 is 2.21 bits per heavy atom. The van der Waals surface area contributed by atoms with Crippen LogP contribution in [-0.2, 0) is 9.53 Å². The van der Waals surface area contributed by atoms with Crippen LogP contribution in [-0.4, -0.2) is 52.7 Å². The molecule has 2 rings (SSSR count). The lowest BCUT2D eigenvalue weighted by Crippen LogP contribution is -2.52. The third-order valence-corrected chi connectivity index (χ3v) is 3.72. The Morgan fingerprint density at radius 1 is 1.47 bits per heavy atom. The Balaban J connectivity index is 2.28. The maximum absolute atomic E-state index is 12.3. The van der Waals surface area contributed by atoms with Gasteiger partial charge in [0.05, 0.1) is 17.7 Å². The molecule has 0 radical (unpaired) electrons. The molecule has 1 aliphatic rings. The maximum atomic E-state index is 12.3. The molecule has 1 aromatic rings. The summed E-state index contributed by atoms with van der Waals surface area (Å²) in [7, 11) is 0. The van der Waals surface area contributed by atoms with E-state index in [1.54, 1.807) is 6.07 Å². The predicted octanol–water partition coefficient (Wildman–Crippen LogP) is 1.53. The van der Waals surface area contributed by atoms with Gasteiger partial charge in [0.2, 0.25) is 0 Å². The van der Waals surface area contributed by atoms with Crippen LogP contribution < -0.4 is 0 Å². The Labute approximate surface area is 126 Å². The molecule has 6 nitrogen and oxygen atoms in total. The van der Waals surface area contributed by atoms with Crippen molar-refractivity contribution in [3.63, 3.8) is 0 Å². The summed E-state index contributed by atoms with van der Waals surface area (Å²) < 4.78 is 6.34. The number of carboxylic acid groups (broad SMARTS) is 1. The number of carboxylic acids is 1. The van der Waals surface area contributed by atoms with Crippen molar-refractivity contribution in [2.24, 2.45) is 0 Å². The van der Waals surface area contributed by atoms with Gasteiger partial charge >= 0.3 is 5.97 Å². The highest BCUT2D eigenvalue weighted by molar-refractivity contribution is 9.11. The smallest absolute Gasteiger partial charge is 0.328 e. The van der Waals surface area contributed by atoms with Gasteiger partial charge in [-0.15, -0.1) is 0 Å².